The number of carbonyl (C=O) groups excluding carboxylic acids is 2. The highest BCUT2D eigenvalue weighted by atomic mass is 16.6. The van der Waals surface area contributed by atoms with Gasteiger partial charge in [-0.05, 0) is 38.5 Å². The lowest BCUT2D eigenvalue weighted by Gasteiger charge is -2.00. The van der Waals surface area contributed by atoms with Crippen LogP contribution in [0.4, 0.5) is 0 Å². The summed E-state index contributed by atoms with van der Waals surface area (Å²) < 4.78 is 20.1. The highest BCUT2D eigenvalue weighted by Crippen LogP contribution is 2.30. The van der Waals surface area contributed by atoms with Gasteiger partial charge in [0.1, 0.15) is 0 Å². The van der Waals surface area contributed by atoms with E-state index in [9.17, 15) is 9.59 Å². The number of unbranched alkanes of at least 4 members (excludes halogenated alkanes) is 8. The van der Waals surface area contributed by atoms with Crippen LogP contribution in [0.3, 0.4) is 0 Å². The molecule has 2 aliphatic heterocycles. The standard InChI is InChI=1S/2C13H24O3/c2*1-3-11-12(16-11)9-7-5-4-6-8-10-13(14)15-2/h2*11-12H,3-10H2,1-2H3/t11-,12+;11-,12-/m10/s1. The molecule has 2 fully saturated rings. The topological polar surface area (TPSA) is 77.7 Å². The number of ether oxygens (including phenoxy) is 4. The van der Waals surface area contributed by atoms with Crippen LogP contribution in [0.2, 0.25) is 0 Å². The molecule has 2 saturated heterocycles. The first-order valence-corrected chi connectivity index (χ1v) is 13.0. The molecular formula is C26H48O6. The van der Waals surface area contributed by atoms with Gasteiger partial charge in [0.2, 0.25) is 0 Å². The van der Waals surface area contributed by atoms with Crippen LogP contribution in [-0.4, -0.2) is 50.6 Å². The molecule has 0 aromatic rings. The monoisotopic (exact) mass is 456 g/mol. The minimum Gasteiger partial charge on any atom is -0.469 e. The third-order valence-corrected chi connectivity index (χ3v) is 6.37. The van der Waals surface area contributed by atoms with Crippen LogP contribution in [-0.2, 0) is 28.5 Å². The zero-order chi connectivity index (χ0) is 23.6. The number of epoxide rings is 2. The Morgan fingerprint density at radius 3 is 1.22 bits per heavy atom. The molecule has 0 radical (unpaired) electrons. The molecule has 0 aromatic heterocycles. The zero-order valence-corrected chi connectivity index (χ0v) is 21.1. The van der Waals surface area contributed by atoms with E-state index >= 15 is 0 Å². The summed E-state index contributed by atoms with van der Waals surface area (Å²) in [4.78, 5) is 21.7. The van der Waals surface area contributed by atoms with E-state index in [2.05, 4.69) is 23.3 Å². The molecule has 0 bridgehead atoms. The maximum absolute atomic E-state index is 10.8. The predicted octanol–water partition coefficient (Wildman–Crippen LogP) is 6.14. The first-order chi connectivity index (χ1) is 15.5. The van der Waals surface area contributed by atoms with E-state index in [1.54, 1.807) is 0 Å². The molecule has 0 aromatic carbocycles. The number of hydrogen-bond donors (Lipinski definition) is 0. The van der Waals surface area contributed by atoms with Crippen LogP contribution in [0.15, 0.2) is 0 Å². The number of rotatable bonds is 18. The van der Waals surface area contributed by atoms with Crippen LogP contribution in [0.25, 0.3) is 0 Å². The molecule has 0 N–H and O–H groups in total. The van der Waals surface area contributed by atoms with E-state index in [0.29, 0.717) is 37.3 Å². The molecule has 0 saturated carbocycles. The molecule has 2 heterocycles. The van der Waals surface area contributed by atoms with Gasteiger partial charge in [0.25, 0.3) is 0 Å². The molecule has 6 nitrogen and oxygen atoms in total. The van der Waals surface area contributed by atoms with E-state index in [4.69, 9.17) is 9.47 Å². The van der Waals surface area contributed by atoms with Crippen LogP contribution in [0.1, 0.15) is 117 Å². The van der Waals surface area contributed by atoms with Gasteiger partial charge in [0.05, 0.1) is 38.6 Å². The van der Waals surface area contributed by atoms with Crippen molar-refractivity contribution in [1.82, 2.24) is 0 Å². The summed E-state index contributed by atoms with van der Waals surface area (Å²) >= 11 is 0. The molecule has 6 heteroatoms. The molecule has 2 rings (SSSR count). The van der Waals surface area contributed by atoms with Crippen LogP contribution >= 0.6 is 0 Å². The Kier molecular flexibility index (Phi) is 16.5. The summed E-state index contributed by atoms with van der Waals surface area (Å²) in [5, 5.41) is 0. The van der Waals surface area contributed by atoms with E-state index in [0.717, 1.165) is 38.5 Å². The minimum absolute atomic E-state index is 0.0860. The second kappa shape index (κ2) is 18.3. The number of carbonyl (C=O) groups is 2. The van der Waals surface area contributed by atoms with Crippen molar-refractivity contribution in [3.63, 3.8) is 0 Å². The van der Waals surface area contributed by atoms with Crippen molar-refractivity contribution >= 4 is 11.9 Å². The Morgan fingerprint density at radius 2 is 0.906 bits per heavy atom. The van der Waals surface area contributed by atoms with Crippen LogP contribution < -0.4 is 0 Å². The van der Waals surface area contributed by atoms with Crippen molar-refractivity contribution in [2.75, 3.05) is 14.2 Å². The van der Waals surface area contributed by atoms with Crippen molar-refractivity contribution in [3.05, 3.63) is 0 Å². The molecule has 2 aliphatic rings. The number of esters is 2. The fourth-order valence-electron chi connectivity index (χ4n) is 4.08. The molecule has 0 aliphatic carbocycles. The summed E-state index contributed by atoms with van der Waals surface area (Å²) in [5.74, 6) is -0.172. The highest BCUT2D eigenvalue weighted by molar-refractivity contribution is 5.69. The predicted molar refractivity (Wildman–Crippen MR) is 127 cm³/mol. The summed E-state index contributed by atoms with van der Waals surface area (Å²) in [6.07, 6.45) is 19.8. The van der Waals surface area contributed by atoms with Gasteiger partial charge in [-0.2, -0.15) is 0 Å². The second-order valence-corrected chi connectivity index (χ2v) is 9.01. The maximum atomic E-state index is 10.8. The molecule has 0 spiro atoms. The Bertz CT molecular complexity index is 451. The Morgan fingerprint density at radius 1 is 0.562 bits per heavy atom. The summed E-state index contributed by atoms with van der Waals surface area (Å²) in [5.41, 5.74) is 0. The van der Waals surface area contributed by atoms with Gasteiger partial charge in [0, 0.05) is 12.8 Å². The van der Waals surface area contributed by atoms with Crippen molar-refractivity contribution in [2.45, 2.75) is 141 Å². The molecule has 0 amide bonds. The van der Waals surface area contributed by atoms with Crippen LogP contribution in [0.5, 0.6) is 0 Å². The summed E-state index contributed by atoms with van der Waals surface area (Å²) in [6, 6.07) is 0. The first-order valence-electron chi connectivity index (χ1n) is 13.0. The number of methoxy groups -OCH3 is 2. The van der Waals surface area contributed by atoms with Crippen molar-refractivity contribution < 1.29 is 28.5 Å². The fourth-order valence-corrected chi connectivity index (χ4v) is 4.08. The fraction of sp³-hybridized carbons (Fsp3) is 0.923. The van der Waals surface area contributed by atoms with Gasteiger partial charge in [-0.3, -0.25) is 9.59 Å². The van der Waals surface area contributed by atoms with E-state index in [-0.39, 0.29) is 11.9 Å². The average Bonchev–Trinajstić information content (AvgIpc) is 3.73. The third-order valence-electron chi connectivity index (χ3n) is 6.37. The van der Waals surface area contributed by atoms with E-state index in [1.807, 2.05) is 0 Å². The van der Waals surface area contributed by atoms with Gasteiger partial charge < -0.3 is 18.9 Å². The Balaban J connectivity index is 0.000000320. The highest BCUT2D eigenvalue weighted by Gasteiger charge is 2.36. The van der Waals surface area contributed by atoms with E-state index in [1.165, 1.54) is 65.6 Å². The van der Waals surface area contributed by atoms with Gasteiger partial charge in [-0.15, -0.1) is 0 Å². The minimum atomic E-state index is -0.0860. The van der Waals surface area contributed by atoms with Gasteiger partial charge in [0.15, 0.2) is 0 Å². The number of hydrogen-bond acceptors (Lipinski definition) is 6. The lowest BCUT2D eigenvalue weighted by atomic mass is 10.1. The summed E-state index contributed by atoms with van der Waals surface area (Å²) in [7, 11) is 2.89. The molecule has 188 valence electrons. The van der Waals surface area contributed by atoms with Gasteiger partial charge in [-0.25, -0.2) is 0 Å². The zero-order valence-electron chi connectivity index (χ0n) is 21.1. The van der Waals surface area contributed by atoms with Gasteiger partial charge >= 0.3 is 11.9 Å². The normalized spacial score (nSPS) is 23.1. The average molecular weight is 457 g/mol. The van der Waals surface area contributed by atoms with Crippen molar-refractivity contribution in [3.8, 4) is 0 Å². The quantitative estimate of drug-likeness (QED) is 0.140. The molecule has 32 heavy (non-hydrogen) atoms. The van der Waals surface area contributed by atoms with Crippen molar-refractivity contribution in [2.24, 2.45) is 0 Å². The molecule has 4 atom stereocenters. The van der Waals surface area contributed by atoms with E-state index < -0.39 is 0 Å². The lowest BCUT2D eigenvalue weighted by molar-refractivity contribution is -0.141. The maximum Gasteiger partial charge on any atom is 0.305 e. The van der Waals surface area contributed by atoms with Crippen molar-refractivity contribution in [1.29, 1.82) is 0 Å². The van der Waals surface area contributed by atoms with Gasteiger partial charge in [-0.1, -0.05) is 65.2 Å². The third kappa shape index (κ3) is 14.8. The lowest BCUT2D eigenvalue weighted by Crippen LogP contribution is -1.99. The SMILES string of the molecule is CC[C@@H]1O[C@H]1CCCCCCCC(=O)OC.CC[C@H]1O[C@H]1CCCCCCCC(=O)OC. The Labute approximate surface area is 196 Å². The first kappa shape index (κ1) is 28.9. The Hall–Kier alpha value is -1.14. The smallest absolute Gasteiger partial charge is 0.305 e. The van der Waals surface area contributed by atoms with Crippen LogP contribution in [0, 0.1) is 0 Å². The largest absolute Gasteiger partial charge is 0.469 e. The molecule has 0 unspecified atom stereocenters. The summed E-state index contributed by atoms with van der Waals surface area (Å²) in [6.45, 7) is 4.36. The molecular weight excluding hydrogens is 408 g/mol. The second-order valence-electron chi connectivity index (χ2n) is 9.01.